The Kier molecular flexibility index (Phi) is 1.59. The van der Waals surface area contributed by atoms with Gasteiger partial charge in [0, 0.05) is 0 Å². The zero-order valence-electron chi connectivity index (χ0n) is 10.5. The summed E-state index contributed by atoms with van der Waals surface area (Å²) in [5, 5.41) is 9.90. The third-order valence-electron chi connectivity index (χ3n) is 4.45. The van der Waals surface area contributed by atoms with Crippen LogP contribution in [0.5, 0.6) is 0 Å². The van der Waals surface area contributed by atoms with Crippen LogP contribution in [-0.4, -0.2) is 0 Å². The predicted molar refractivity (Wildman–Crippen MR) is 82.3 cm³/mol. The van der Waals surface area contributed by atoms with Crippen molar-refractivity contribution in [2.75, 3.05) is 0 Å². The molecule has 0 saturated heterocycles. The lowest BCUT2D eigenvalue weighted by molar-refractivity contribution is 1.45. The Balaban J connectivity index is 2.30. The van der Waals surface area contributed by atoms with Crippen LogP contribution in [0.25, 0.3) is 38.4 Å². The van der Waals surface area contributed by atoms with E-state index in [1.54, 1.807) is 0 Å². The normalized spacial score (nSPS) is 13.5. The number of rotatable bonds is 0. The van der Waals surface area contributed by atoms with Crippen LogP contribution in [0.4, 0.5) is 0 Å². The number of hydrogen-bond acceptors (Lipinski definition) is 0. The molecule has 0 atom stereocenters. The monoisotopic (exact) mass is 240 g/mol. The standard InChI is InChI=1S/C19H12/c1-2-6-15-14(5-1)16-7-3-4-12-8-9-13-10-11-17(15)19(13)18(12)16/h1-10H,11H2. The van der Waals surface area contributed by atoms with Gasteiger partial charge >= 0.3 is 0 Å². The van der Waals surface area contributed by atoms with Gasteiger partial charge < -0.3 is 0 Å². The van der Waals surface area contributed by atoms with Gasteiger partial charge in [0.25, 0.3) is 0 Å². The molecule has 0 aromatic heterocycles. The van der Waals surface area contributed by atoms with Gasteiger partial charge in [-0.05, 0) is 49.5 Å². The highest BCUT2D eigenvalue weighted by Crippen LogP contribution is 2.37. The average molecular weight is 240 g/mol. The molecule has 1 aliphatic rings. The zero-order valence-corrected chi connectivity index (χ0v) is 10.5. The van der Waals surface area contributed by atoms with E-state index in [1.807, 2.05) is 0 Å². The minimum atomic E-state index is 1.07. The summed E-state index contributed by atoms with van der Waals surface area (Å²) >= 11 is 0. The van der Waals surface area contributed by atoms with Crippen LogP contribution < -0.4 is 5.22 Å². The largest absolute Gasteiger partial charge is 0.0722 e. The minimum absolute atomic E-state index is 1.07. The minimum Gasteiger partial charge on any atom is -0.0722 e. The second kappa shape index (κ2) is 3.16. The van der Waals surface area contributed by atoms with Gasteiger partial charge in [0.2, 0.25) is 0 Å². The molecule has 0 saturated carbocycles. The summed E-state index contributed by atoms with van der Waals surface area (Å²) in [6.07, 6.45) is 3.43. The fraction of sp³-hybridized carbons (Fsp3) is 0.0526. The van der Waals surface area contributed by atoms with E-state index >= 15 is 0 Å². The lowest BCUT2D eigenvalue weighted by atomic mass is 9.91. The van der Waals surface area contributed by atoms with E-state index in [2.05, 4.69) is 60.7 Å². The maximum absolute atomic E-state index is 2.36. The highest BCUT2D eigenvalue weighted by atomic mass is 14.2. The van der Waals surface area contributed by atoms with Crippen LogP contribution in [0.1, 0.15) is 5.56 Å². The van der Waals surface area contributed by atoms with Crippen LogP contribution in [0.3, 0.4) is 0 Å². The van der Waals surface area contributed by atoms with Crippen molar-refractivity contribution in [1.29, 1.82) is 0 Å². The highest BCUT2D eigenvalue weighted by molar-refractivity contribution is 6.23. The quantitative estimate of drug-likeness (QED) is 0.319. The molecule has 0 radical (unpaired) electrons. The van der Waals surface area contributed by atoms with Gasteiger partial charge in [-0.25, -0.2) is 0 Å². The summed E-state index contributed by atoms with van der Waals surface area (Å²) in [4.78, 5) is 0. The fourth-order valence-corrected chi connectivity index (χ4v) is 3.65. The van der Waals surface area contributed by atoms with Crippen molar-refractivity contribution in [2.24, 2.45) is 0 Å². The molecule has 0 aliphatic heterocycles. The molecule has 0 unspecified atom stereocenters. The van der Waals surface area contributed by atoms with Crippen molar-refractivity contribution in [3.05, 3.63) is 65.4 Å². The van der Waals surface area contributed by atoms with Crippen molar-refractivity contribution >= 4 is 38.4 Å². The molecule has 0 heteroatoms. The predicted octanol–water partition coefficient (Wildman–Crippen LogP) is 4.20. The molecule has 88 valence electrons. The number of benzene rings is 4. The molecule has 0 fully saturated rings. The Morgan fingerprint density at radius 1 is 0.632 bits per heavy atom. The Morgan fingerprint density at radius 3 is 2.42 bits per heavy atom. The first-order valence-electron chi connectivity index (χ1n) is 6.78. The molecule has 4 aromatic carbocycles. The van der Waals surface area contributed by atoms with Gasteiger partial charge in [-0.3, -0.25) is 0 Å². The van der Waals surface area contributed by atoms with Crippen LogP contribution >= 0.6 is 0 Å². The SMILES string of the molecule is C1=c2ccc3cccc4c5ccccc5c(c2c34)C1. The highest BCUT2D eigenvalue weighted by Gasteiger charge is 2.15. The van der Waals surface area contributed by atoms with Crippen molar-refractivity contribution in [2.45, 2.75) is 6.42 Å². The molecule has 0 N–H and O–H groups in total. The zero-order chi connectivity index (χ0) is 12.4. The van der Waals surface area contributed by atoms with Gasteiger partial charge in [-0.1, -0.05) is 60.7 Å². The first-order valence-corrected chi connectivity index (χ1v) is 6.78. The molecule has 0 nitrogen and oxygen atoms in total. The molecule has 0 heterocycles. The van der Waals surface area contributed by atoms with Gasteiger partial charge in [0.1, 0.15) is 0 Å². The van der Waals surface area contributed by atoms with E-state index in [9.17, 15) is 0 Å². The first kappa shape index (κ1) is 9.57. The maximum Gasteiger partial charge on any atom is -0.00236 e. The molecular weight excluding hydrogens is 228 g/mol. The van der Waals surface area contributed by atoms with E-state index in [-0.39, 0.29) is 0 Å². The number of hydrogen-bond donors (Lipinski definition) is 0. The molecule has 19 heavy (non-hydrogen) atoms. The summed E-state index contributed by atoms with van der Waals surface area (Å²) < 4.78 is 0. The fourth-order valence-electron chi connectivity index (χ4n) is 3.65. The van der Waals surface area contributed by atoms with Gasteiger partial charge in [-0.15, -0.1) is 0 Å². The lowest BCUT2D eigenvalue weighted by Crippen LogP contribution is -1.99. The first-order chi connectivity index (χ1) is 9.43. The van der Waals surface area contributed by atoms with Gasteiger partial charge in [-0.2, -0.15) is 0 Å². The molecule has 5 rings (SSSR count). The van der Waals surface area contributed by atoms with Crippen molar-refractivity contribution < 1.29 is 0 Å². The van der Waals surface area contributed by atoms with Crippen LogP contribution in [-0.2, 0) is 6.42 Å². The molecule has 0 amide bonds. The molecule has 4 aromatic rings. The number of fused-ring (bicyclic) bond motifs is 3. The van der Waals surface area contributed by atoms with E-state index in [0.29, 0.717) is 0 Å². The van der Waals surface area contributed by atoms with Crippen molar-refractivity contribution in [3.63, 3.8) is 0 Å². The van der Waals surface area contributed by atoms with Crippen LogP contribution in [0.15, 0.2) is 54.6 Å². The molecular formula is C19H12. The third-order valence-corrected chi connectivity index (χ3v) is 4.45. The van der Waals surface area contributed by atoms with Gasteiger partial charge in [0.05, 0.1) is 0 Å². The van der Waals surface area contributed by atoms with Crippen LogP contribution in [0.2, 0.25) is 0 Å². The Bertz CT molecular complexity index is 1020. The average Bonchev–Trinajstić information content (AvgIpc) is 2.91. The summed E-state index contributed by atoms with van der Waals surface area (Å²) in [5.41, 5.74) is 1.51. The second-order valence-electron chi connectivity index (χ2n) is 5.37. The van der Waals surface area contributed by atoms with Gasteiger partial charge in [0.15, 0.2) is 0 Å². The maximum atomic E-state index is 2.36. The van der Waals surface area contributed by atoms with E-state index in [4.69, 9.17) is 0 Å². The van der Waals surface area contributed by atoms with Crippen molar-refractivity contribution in [1.82, 2.24) is 0 Å². The Labute approximate surface area is 111 Å². The van der Waals surface area contributed by atoms with E-state index in [1.165, 1.54) is 43.1 Å². The van der Waals surface area contributed by atoms with E-state index in [0.717, 1.165) is 6.42 Å². The summed E-state index contributed by atoms with van der Waals surface area (Å²) in [5.74, 6) is 0. The smallest absolute Gasteiger partial charge is 0.00236 e. The Morgan fingerprint density at radius 2 is 1.47 bits per heavy atom. The van der Waals surface area contributed by atoms with E-state index < -0.39 is 0 Å². The summed E-state index contributed by atoms with van der Waals surface area (Å²) in [6, 6.07) is 20.0. The topological polar surface area (TPSA) is 0 Å². The summed E-state index contributed by atoms with van der Waals surface area (Å²) in [7, 11) is 0. The molecule has 0 bridgehead atoms. The second-order valence-corrected chi connectivity index (χ2v) is 5.37. The summed E-state index contributed by atoms with van der Waals surface area (Å²) in [6.45, 7) is 0. The van der Waals surface area contributed by atoms with Crippen molar-refractivity contribution in [3.8, 4) is 0 Å². The van der Waals surface area contributed by atoms with Crippen LogP contribution in [0, 0.1) is 0 Å². The lowest BCUT2D eigenvalue weighted by Gasteiger charge is -2.12. The third kappa shape index (κ3) is 1.05. The molecule has 0 spiro atoms. The Hall–Kier alpha value is -2.34. The molecule has 1 aliphatic carbocycles.